The third-order valence-corrected chi connectivity index (χ3v) is 3.06. The predicted octanol–water partition coefficient (Wildman–Crippen LogP) is 4.74. The maximum atomic E-state index is 13.5. The molecule has 1 N–H and O–H groups in total. The molecule has 6 heteroatoms. The van der Waals surface area contributed by atoms with Crippen LogP contribution in [-0.2, 0) is 0 Å². The molecule has 2 atom stereocenters. The molecule has 0 spiro atoms. The van der Waals surface area contributed by atoms with E-state index >= 15 is 0 Å². The molecular formula is C14H18F5N. The SMILES string of the molecule is CC(CCCC(F)(F)F)NC(C)c1ccc(F)cc1F. The number of hydrogen-bond donors (Lipinski definition) is 1. The van der Waals surface area contributed by atoms with Gasteiger partial charge in [0.05, 0.1) is 0 Å². The number of hydrogen-bond acceptors (Lipinski definition) is 1. The average molecular weight is 295 g/mol. The molecule has 0 radical (unpaired) electrons. The van der Waals surface area contributed by atoms with Crippen LogP contribution in [0.15, 0.2) is 18.2 Å². The van der Waals surface area contributed by atoms with Gasteiger partial charge in [0, 0.05) is 30.1 Å². The molecule has 2 unspecified atom stereocenters. The van der Waals surface area contributed by atoms with Gasteiger partial charge in [-0.05, 0) is 32.8 Å². The van der Waals surface area contributed by atoms with Gasteiger partial charge >= 0.3 is 6.18 Å². The lowest BCUT2D eigenvalue weighted by atomic mass is 10.0. The first-order valence-corrected chi connectivity index (χ1v) is 6.47. The summed E-state index contributed by atoms with van der Waals surface area (Å²) >= 11 is 0. The number of alkyl halides is 3. The summed E-state index contributed by atoms with van der Waals surface area (Å²) in [6.45, 7) is 3.44. The summed E-state index contributed by atoms with van der Waals surface area (Å²) in [5.74, 6) is -1.32. The Hall–Kier alpha value is -1.17. The summed E-state index contributed by atoms with van der Waals surface area (Å²) < 4.78 is 62.4. The van der Waals surface area contributed by atoms with Gasteiger partial charge in [-0.15, -0.1) is 0 Å². The van der Waals surface area contributed by atoms with Gasteiger partial charge in [0.25, 0.3) is 0 Å². The Morgan fingerprint density at radius 1 is 1.15 bits per heavy atom. The summed E-state index contributed by atoms with van der Waals surface area (Å²) in [6.07, 6.45) is -4.60. The highest BCUT2D eigenvalue weighted by Gasteiger charge is 2.26. The molecule has 1 nitrogen and oxygen atoms in total. The molecule has 0 aliphatic rings. The smallest absolute Gasteiger partial charge is 0.308 e. The van der Waals surface area contributed by atoms with E-state index in [9.17, 15) is 22.0 Å². The largest absolute Gasteiger partial charge is 0.389 e. The first-order valence-electron chi connectivity index (χ1n) is 6.47. The third kappa shape index (κ3) is 5.86. The van der Waals surface area contributed by atoms with Crippen molar-refractivity contribution in [2.75, 3.05) is 0 Å². The Bertz CT molecular complexity index is 430. The molecule has 1 rings (SSSR count). The molecule has 114 valence electrons. The summed E-state index contributed by atoms with van der Waals surface area (Å²) in [4.78, 5) is 0. The minimum Gasteiger partial charge on any atom is -0.308 e. The number of halogens is 5. The second-order valence-electron chi connectivity index (χ2n) is 4.96. The lowest BCUT2D eigenvalue weighted by molar-refractivity contribution is -0.135. The van der Waals surface area contributed by atoms with E-state index in [1.165, 1.54) is 6.07 Å². The molecule has 0 amide bonds. The number of benzene rings is 1. The van der Waals surface area contributed by atoms with Gasteiger partial charge < -0.3 is 5.32 Å². The highest BCUT2D eigenvalue weighted by Crippen LogP contribution is 2.23. The van der Waals surface area contributed by atoms with E-state index in [0.29, 0.717) is 12.0 Å². The fraction of sp³-hybridized carbons (Fsp3) is 0.571. The molecule has 0 aliphatic heterocycles. The van der Waals surface area contributed by atoms with Crippen molar-refractivity contribution in [2.24, 2.45) is 0 Å². The maximum absolute atomic E-state index is 13.5. The highest BCUT2D eigenvalue weighted by molar-refractivity contribution is 5.21. The third-order valence-electron chi connectivity index (χ3n) is 3.06. The van der Waals surface area contributed by atoms with Gasteiger partial charge in [0.2, 0.25) is 0 Å². The van der Waals surface area contributed by atoms with Crippen molar-refractivity contribution in [3.8, 4) is 0 Å². The van der Waals surface area contributed by atoms with Crippen molar-refractivity contribution < 1.29 is 22.0 Å². The second kappa shape index (κ2) is 7.02. The fourth-order valence-electron chi connectivity index (χ4n) is 2.06. The highest BCUT2D eigenvalue weighted by atomic mass is 19.4. The van der Waals surface area contributed by atoms with Crippen molar-refractivity contribution in [1.29, 1.82) is 0 Å². The van der Waals surface area contributed by atoms with E-state index in [0.717, 1.165) is 12.1 Å². The maximum Gasteiger partial charge on any atom is 0.389 e. The van der Waals surface area contributed by atoms with Gasteiger partial charge in [-0.1, -0.05) is 6.07 Å². The fourth-order valence-corrected chi connectivity index (χ4v) is 2.06. The van der Waals surface area contributed by atoms with Crippen LogP contribution in [0.2, 0.25) is 0 Å². The van der Waals surface area contributed by atoms with Gasteiger partial charge in [-0.3, -0.25) is 0 Å². The standard InChI is InChI=1S/C14H18F5N/c1-9(4-3-7-14(17,18)19)20-10(2)12-6-5-11(15)8-13(12)16/h5-6,8-10,20H,3-4,7H2,1-2H3. The van der Waals surface area contributed by atoms with Gasteiger partial charge in [-0.2, -0.15) is 13.2 Å². The molecule has 0 saturated carbocycles. The minimum absolute atomic E-state index is 0.0241. The zero-order valence-corrected chi connectivity index (χ0v) is 11.4. The second-order valence-corrected chi connectivity index (χ2v) is 4.96. The first kappa shape index (κ1) is 16.9. The molecule has 0 aliphatic carbocycles. The van der Waals surface area contributed by atoms with Crippen molar-refractivity contribution in [3.63, 3.8) is 0 Å². The average Bonchev–Trinajstić information content (AvgIpc) is 2.26. The van der Waals surface area contributed by atoms with Crippen LogP contribution in [0.1, 0.15) is 44.7 Å². The van der Waals surface area contributed by atoms with Crippen LogP contribution in [0.5, 0.6) is 0 Å². The van der Waals surface area contributed by atoms with Crippen LogP contribution in [-0.4, -0.2) is 12.2 Å². The zero-order valence-electron chi connectivity index (χ0n) is 11.4. The zero-order chi connectivity index (χ0) is 15.3. The van der Waals surface area contributed by atoms with Gasteiger partial charge in [0.15, 0.2) is 0 Å². The number of nitrogens with one attached hydrogen (secondary N) is 1. The first-order chi connectivity index (χ1) is 9.19. The monoisotopic (exact) mass is 295 g/mol. The normalized spacial score (nSPS) is 15.2. The molecule has 0 saturated heterocycles. The van der Waals surface area contributed by atoms with E-state index < -0.39 is 30.3 Å². The van der Waals surface area contributed by atoms with E-state index in [-0.39, 0.29) is 12.5 Å². The van der Waals surface area contributed by atoms with Crippen molar-refractivity contribution in [3.05, 3.63) is 35.4 Å². The Kier molecular flexibility index (Phi) is 5.92. The summed E-state index contributed by atoms with van der Waals surface area (Å²) in [5, 5.41) is 3.01. The molecule has 0 heterocycles. The van der Waals surface area contributed by atoms with E-state index in [1.807, 2.05) is 0 Å². The molecule has 1 aromatic rings. The minimum atomic E-state index is -4.14. The molecule has 20 heavy (non-hydrogen) atoms. The van der Waals surface area contributed by atoms with Gasteiger partial charge in [-0.25, -0.2) is 8.78 Å². The van der Waals surface area contributed by atoms with Crippen molar-refractivity contribution in [2.45, 2.75) is 51.4 Å². The Morgan fingerprint density at radius 3 is 2.35 bits per heavy atom. The predicted molar refractivity (Wildman–Crippen MR) is 67.3 cm³/mol. The quantitative estimate of drug-likeness (QED) is 0.748. The molecule has 1 aromatic carbocycles. The lowest BCUT2D eigenvalue weighted by Gasteiger charge is -2.21. The van der Waals surface area contributed by atoms with Crippen LogP contribution in [0.3, 0.4) is 0 Å². The molecular weight excluding hydrogens is 277 g/mol. The van der Waals surface area contributed by atoms with Crippen LogP contribution in [0.25, 0.3) is 0 Å². The molecule has 0 aromatic heterocycles. The summed E-state index contributed by atoms with van der Waals surface area (Å²) in [6, 6.07) is 2.71. The topological polar surface area (TPSA) is 12.0 Å². The summed E-state index contributed by atoms with van der Waals surface area (Å²) in [7, 11) is 0. The van der Waals surface area contributed by atoms with Crippen LogP contribution in [0.4, 0.5) is 22.0 Å². The van der Waals surface area contributed by atoms with E-state index in [4.69, 9.17) is 0 Å². The van der Waals surface area contributed by atoms with Crippen LogP contribution < -0.4 is 5.32 Å². The Labute approximate surface area is 115 Å². The lowest BCUT2D eigenvalue weighted by Crippen LogP contribution is -2.29. The molecule has 0 bridgehead atoms. The van der Waals surface area contributed by atoms with Gasteiger partial charge in [0.1, 0.15) is 11.6 Å². The van der Waals surface area contributed by atoms with Crippen molar-refractivity contribution >= 4 is 0 Å². The summed E-state index contributed by atoms with van der Waals surface area (Å²) in [5.41, 5.74) is 0.300. The van der Waals surface area contributed by atoms with Crippen molar-refractivity contribution in [1.82, 2.24) is 5.32 Å². The van der Waals surface area contributed by atoms with Crippen LogP contribution in [0, 0.1) is 11.6 Å². The Morgan fingerprint density at radius 2 is 1.80 bits per heavy atom. The van der Waals surface area contributed by atoms with Crippen LogP contribution >= 0.6 is 0 Å². The molecule has 0 fully saturated rings. The number of rotatable bonds is 6. The van der Waals surface area contributed by atoms with E-state index in [1.54, 1.807) is 13.8 Å². The van der Waals surface area contributed by atoms with E-state index in [2.05, 4.69) is 5.32 Å². The Balaban J connectivity index is 2.47.